The first-order chi connectivity index (χ1) is 10.4. The summed E-state index contributed by atoms with van der Waals surface area (Å²) < 4.78 is 42.9. The van der Waals surface area contributed by atoms with Crippen molar-refractivity contribution < 1.29 is 17.7 Å². The lowest BCUT2D eigenvalue weighted by Gasteiger charge is -2.06. The van der Waals surface area contributed by atoms with E-state index in [1.807, 2.05) is 14.0 Å². The molecule has 126 valence electrons. The summed E-state index contributed by atoms with van der Waals surface area (Å²) in [7, 11) is 1.83. The molecule has 0 saturated carbocycles. The Morgan fingerprint density at radius 3 is 2.70 bits per heavy atom. The van der Waals surface area contributed by atoms with Gasteiger partial charge in [0.1, 0.15) is 0 Å². The maximum Gasteiger partial charge on any atom is 0.416 e. The number of alkyl halides is 3. The molecule has 0 spiro atoms. The minimum atomic E-state index is -4.36. The maximum atomic E-state index is 12.6. The van der Waals surface area contributed by atoms with Crippen LogP contribution in [-0.2, 0) is 12.6 Å². The second-order valence-electron chi connectivity index (χ2n) is 4.90. The number of hydrogen-bond donors (Lipinski definition) is 1. The molecule has 1 aromatic heterocycles. The van der Waals surface area contributed by atoms with E-state index in [9.17, 15) is 13.2 Å². The number of aromatic nitrogens is 2. The van der Waals surface area contributed by atoms with E-state index >= 15 is 0 Å². The van der Waals surface area contributed by atoms with Crippen LogP contribution in [0.3, 0.4) is 0 Å². The van der Waals surface area contributed by atoms with Gasteiger partial charge in [0.2, 0.25) is 0 Å². The molecule has 0 fully saturated rings. The van der Waals surface area contributed by atoms with Crippen molar-refractivity contribution in [3.8, 4) is 0 Å². The van der Waals surface area contributed by atoms with Crippen LogP contribution in [0.5, 0.6) is 0 Å². The van der Waals surface area contributed by atoms with Crippen LogP contribution in [0, 0.1) is 0 Å². The van der Waals surface area contributed by atoms with Gasteiger partial charge in [0.05, 0.1) is 5.56 Å². The minimum absolute atomic E-state index is 0. The first-order valence-electron chi connectivity index (χ1n) is 6.73. The fraction of sp³-hybridized carbons (Fsp3) is 0.333. The van der Waals surface area contributed by atoms with Crippen molar-refractivity contribution in [2.45, 2.75) is 25.6 Å². The fourth-order valence-electron chi connectivity index (χ4n) is 1.78. The number of likely N-dealkylation sites (N-methyl/N-ethyl adjacent to an activating group) is 1. The zero-order valence-electron chi connectivity index (χ0n) is 12.6. The van der Waals surface area contributed by atoms with Crippen molar-refractivity contribution in [2.24, 2.45) is 0 Å². The van der Waals surface area contributed by atoms with Crippen LogP contribution in [0.2, 0.25) is 0 Å². The lowest BCUT2D eigenvalue weighted by molar-refractivity contribution is -0.137. The van der Waals surface area contributed by atoms with E-state index in [2.05, 4.69) is 15.5 Å². The number of nitrogens with one attached hydrogen (secondary N) is 1. The Kier molecular flexibility index (Phi) is 6.78. The molecule has 0 saturated heterocycles. The van der Waals surface area contributed by atoms with Gasteiger partial charge in [-0.25, -0.2) is 0 Å². The number of nitrogens with zero attached hydrogens (tertiary/aromatic N) is 2. The standard InChI is InChI=1S/C15H16F3N3O.ClH/c1-10(19-2)8-13-20-14(22-21-13)7-6-11-4-3-5-12(9-11)15(16,17)18;/h3-7,9-10,19H,8H2,1-2H3;1H/b7-6+;. The van der Waals surface area contributed by atoms with E-state index in [1.54, 1.807) is 6.07 Å². The molecule has 1 aromatic carbocycles. The van der Waals surface area contributed by atoms with Gasteiger partial charge in [-0.1, -0.05) is 17.3 Å². The normalized spacial score (nSPS) is 13.1. The molecule has 1 heterocycles. The second-order valence-corrected chi connectivity index (χ2v) is 4.90. The van der Waals surface area contributed by atoms with Crippen molar-refractivity contribution in [1.29, 1.82) is 0 Å². The molecule has 8 heteroatoms. The Bertz CT molecular complexity index is 655. The Labute approximate surface area is 138 Å². The predicted molar refractivity (Wildman–Crippen MR) is 84.1 cm³/mol. The highest BCUT2D eigenvalue weighted by molar-refractivity contribution is 5.85. The smallest absolute Gasteiger partial charge is 0.335 e. The fourth-order valence-corrected chi connectivity index (χ4v) is 1.78. The lowest BCUT2D eigenvalue weighted by Crippen LogP contribution is -2.24. The Balaban J connectivity index is 0.00000264. The molecule has 0 amide bonds. The van der Waals surface area contributed by atoms with Gasteiger partial charge in [-0.2, -0.15) is 18.2 Å². The monoisotopic (exact) mass is 347 g/mol. The van der Waals surface area contributed by atoms with Crippen molar-refractivity contribution in [1.82, 2.24) is 15.5 Å². The summed E-state index contributed by atoms with van der Waals surface area (Å²) in [4.78, 5) is 4.16. The number of benzene rings is 1. The average molecular weight is 348 g/mol. The highest BCUT2D eigenvalue weighted by Gasteiger charge is 2.30. The topological polar surface area (TPSA) is 51.0 Å². The van der Waals surface area contributed by atoms with Gasteiger partial charge in [0.25, 0.3) is 5.89 Å². The first-order valence-corrected chi connectivity index (χ1v) is 6.73. The van der Waals surface area contributed by atoms with E-state index in [1.165, 1.54) is 18.2 Å². The third kappa shape index (κ3) is 5.69. The van der Waals surface area contributed by atoms with Crippen molar-refractivity contribution in [2.75, 3.05) is 7.05 Å². The number of hydrogen-bond acceptors (Lipinski definition) is 4. The van der Waals surface area contributed by atoms with E-state index in [4.69, 9.17) is 4.52 Å². The van der Waals surface area contributed by atoms with Gasteiger partial charge in [-0.15, -0.1) is 12.4 Å². The molecule has 0 aliphatic heterocycles. The van der Waals surface area contributed by atoms with E-state index in [0.29, 0.717) is 17.8 Å². The summed E-state index contributed by atoms with van der Waals surface area (Å²) in [6, 6.07) is 5.23. The molecule has 0 aliphatic carbocycles. The van der Waals surface area contributed by atoms with Crippen LogP contribution in [0.15, 0.2) is 28.8 Å². The molecular formula is C15H17ClF3N3O. The summed E-state index contributed by atoms with van der Waals surface area (Å²) >= 11 is 0. The van der Waals surface area contributed by atoms with Gasteiger partial charge in [-0.3, -0.25) is 0 Å². The zero-order chi connectivity index (χ0) is 16.2. The first kappa shape index (κ1) is 19.2. The number of rotatable bonds is 5. The highest BCUT2D eigenvalue weighted by Crippen LogP contribution is 2.29. The quantitative estimate of drug-likeness (QED) is 0.893. The highest BCUT2D eigenvalue weighted by atomic mass is 35.5. The van der Waals surface area contributed by atoms with Gasteiger partial charge in [-0.05, 0) is 37.7 Å². The second kappa shape index (κ2) is 8.12. The molecule has 2 rings (SSSR count). The molecular weight excluding hydrogens is 331 g/mol. The third-order valence-corrected chi connectivity index (χ3v) is 3.10. The van der Waals surface area contributed by atoms with E-state index < -0.39 is 11.7 Å². The van der Waals surface area contributed by atoms with Crippen LogP contribution in [-0.4, -0.2) is 23.2 Å². The van der Waals surface area contributed by atoms with Crippen LogP contribution in [0.1, 0.15) is 29.8 Å². The van der Waals surface area contributed by atoms with Crippen molar-refractivity contribution in [3.63, 3.8) is 0 Å². The molecule has 1 atom stereocenters. The van der Waals surface area contributed by atoms with Crippen molar-refractivity contribution >= 4 is 24.6 Å². The van der Waals surface area contributed by atoms with Gasteiger partial charge in [0, 0.05) is 18.5 Å². The maximum absolute atomic E-state index is 12.6. The lowest BCUT2D eigenvalue weighted by atomic mass is 10.1. The predicted octanol–water partition coefficient (Wildman–Crippen LogP) is 3.83. The van der Waals surface area contributed by atoms with E-state index in [0.717, 1.165) is 12.1 Å². The summed E-state index contributed by atoms with van der Waals surface area (Å²) in [5.41, 5.74) is -0.276. The van der Waals surface area contributed by atoms with Gasteiger partial charge < -0.3 is 9.84 Å². The number of halogens is 4. The van der Waals surface area contributed by atoms with Crippen LogP contribution < -0.4 is 5.32 Å². The molecule has 2 aromatic rings. The molecule has 0 radical (unpaired) electrons. The minimum Gasteiger partial charge on any atom is -0.335 e. The summed E-state index contributed by atoms with van der Waals surface area (Å²) in [6.45, 7) is 1.98. The molecule has 0 aliphatic rings. The Hall–Kier alpha value is -1.86. The van der Waals surface area contributed by atoms with Gasteiger partial charge >= 0.3 is 6.18 Å². The summed E-state index contributed by atoms with van der Waals surface area (Å²) in [5, 5.41) is 6.87. The molecule has 1 N–H and O–H groups in total. The summed E-state index contributed by atoms with van der Waals surface area (Å²) in [5.74, 6) is 0.807. The Morgan fingerprint density at radius 2 is 2.04 bits per heavy atom. The molecule has 1 unspecified atom stereocenters. The largest absolute Gasteiger partial charge is 0.416 e. The van der Waals surface area contributed by atoms with Crippen LogP contribution in [0.4, 0.5) is 13.2 Å². The third-order valence-electron chi connectivity index (χ3n) is 3.10. The van der Waals surface area contributed by atoms with Crippen LogP contribution in [0.25, 0.3) is 12.2 Å². The van der Waals surface area contributed by atoms with Crippen molar-refractivity contribution in [3.05, 3.63) is 47.1 Å². The molecule has 0 bridgehead atoms. The van der Waals surface area contributed by atoms with Crippen LogP contribution >= 0.6 is 12.4 Å². The molecule has 4 nitrogen and oxygen atoms in total. The molecule has 23 heavy (non-hydrogen) atoms. The SMILES string of the molecule is CNC(C)Cc1noc(/C=C/c2cccc(C(F)(F)F)c2)n1.Cl. The van der Waals surface area contributed by atoms with E-state index in [-0.39, 0.29) is 24.3 Å². The Morgan fingerprint density at radius 1 is 1.30 bits per heavy atom. The zero-order valence-corrected chi connectivity index (χ0v) is 13.4. The van der Waals surface area contributed by atoms with Gasteiger partial charge in [0.15, 0.2) is 5.82 Å². The summed E-state index contributed by atoms with van der Waals surface area (Å²) in [6.07, 6.45) is -0.744. The average Bonchev–Trinajstić information content (AvgIpc) is 2.92.